The van der Waals surface area contributed by atoms with Crippen LogP contribution in [-0.2, 0) is 11.0 Å². The minimum absolute atomic E-state index is 0.199. The molecule has 0 unspecified atom stereocenters. The number of nitrogens with zero attached hydrogens (tertiary/aromatic N) is 1. The molecular formula is C15H10F3NO2. The SMILES string of the molecule is O=CN(C(=O)c1ccccc1C(F)(F)F)c1ccccc1. The topological polar surface area (TPSA) is 37.4 Å². The predicted molar refractivity (Wildman–Crippen MR) is 70.8 cm³/mol. The average molecular weight is 293 g/mol. The largest absolute Gasteiger partial charge is 0.417 e. The van der Waals surface area contributed by atoms with Gasteiger partial charge in [0, 0.05) is 0 Å². The van der Waals surface area contributed by atoms with E-state index in [1.54, 1.807) is 18.2 Å². The summed E-state index contributed by atoms with van der Waals surface area (Å²) in [5.74, 6) is -1.02. The number of para-hydroxylation sites is 1. The number of hydrogen-bond donors (Lipinski definition) is 0. The van der Waals surface area contributed by atoms with Crippen LogP contribution in [0.3, 0.4) is 0 Å². The Kier molecular flexibility index (Phi) is 4.07. The van der Waals surface area contributed by atoms with E-state index in [1.807, 2.05) is 0 Å². The monoisotopic (exact) mass is 293 g/mol. The summed E-state index contributed by atoms with van der Waals surface area (Å²) in [5.41, 5.74) is -1.44. The normalized spacial score (nSPS) is 11.0. The number of imide groups is 1. The first-order valence-electron chi connectivity index (χ1n) is 5.95. The van der Waals surface area contributed by atoms with Crippen LogP contribution in [0.1, 0.15) is 15.9 Å². The molecule has 0 aromatic heterocycles. The van der Waals surface area contributed by atoms with Crippen molar-refractivity contribution >= 4 is 18.0 Å². The fraction of sp³-hybridized carbons (Fsp3) is 0.0667. The van der Waals surface area contributed by atoms with E-state index < -0.39 is 23.2 Å². The molecule has 2 aromatic rings. The van der Waals surface area contributed by atoms with E-state index in [-0.39, 0.29) is 12.1 Å². The van der Waals surface area contributed by atoms with Crippen molar-refractivity contribution in [3.8, 4) is 0 Å². The number of rotatable bonds is 3. The third-order valence-corrected chi connectivity index (χ3v) is 2.82. The van der Waals surface area contributed by atoms with Gasteiger partial charge in [-0.3, -0.25) is 9.59 Å². The number of halogens is 3. The molecule has 3 nitrogen and oxygen atoms in total. The molecule has 0 aliphatic carbocycles. The van der Waals surface area contributed by atoms with E-state index >= 15 is 0 Å². The summed E-state index contributed by atoms with van der Waals surface area (Å²) in [5, 5.41) is 0. The lowest BCUT2D eigenvalue weighted by Crippen LogP contribution is -2.31. The highest BCUT2D eigenvalue weighted by Crippen LogP contribution is 2.32. The van der Waals surface area contributed by atoms with E-state index in [0.717, 1.165) is 12.1 Å². The molecule has 0 fully saturated rings. The second-order valence-corrected chi connectivity index (χ2v) is 4.16. The standard InChI is InChI=1S/C15H10F3NO2/c16-15(17,18)13-9-5-4-8-12(13)14(21)19(10-20)11-6-2-1-3-7-11/h1-10H. The molecule has 6 heteroatoms. The summed E-state index contributed by atoms with van der Waals surface area (Å²) in [6.45, 7) is 0. The van der Waals surface area contributed by atoms with Gasteiger partial charge in [-0.2, -0.15) is 13.2 Å². The number of carbonyl (C=O) groups excluding carboxylic acids is 2. The Hall–Kier alpha value is -2.63. The first-order valence-corrected chi connectivity index (χ1v) is 5.95. The highest BCUT2D eigenvalue weighted by Gasteiger charge is 2.36. The molecule has 0 heterocycles. The molecular weight excluding hydrogens is 283 g/mol. The average Bonchev–Trinajstić information content (AvgIpc) is 2.48. The van der Waals surface area contributed by atoms with Gasteiger partial charge in [0.25, 0.3) is 5.91 Å². The number of benzene rings is 2. The van der Waals surface area contributed by atoms with Crippen molar-refractivity contribution in [3.05, 3.63) is 65.7 Å². The molecule has 0 spiro atoms. The first-order chi connectivity index (χ1) is 9.95. The van der Waals surface area contributed by atoms with Crippen molar-refractivity contribution in [2.75, 3.05) is 4.90 Å². The van der Waals surface area contributed by atoms with Gasteiger partial charge in [-0.15, -0.1) is 0 Å². The van der Waals surface area contributed by atoms with Gasteiger partial charge >= 0.3 is 6.18 Å². The Balaban J connectivity index is 2.47. The van der Waals surface area contributed by atoms with E-state index in [4.69, 9.17) is 0 Å². The maximum absolute atomic E-state index is 12.9. The molecule has 0 N–H and O–H groups in total. The summed E-state index contributed by atoms with van der Waals surface area (Å²) in [6, 6.07) is 12.1. The molecule has 0 aliphatic heterocycles. The third kappa shape index (κ3) is 3.10. The minimum atomic E-state index is -4.67. The fourth-order valence-corrected chi connectivity index (χ4v) is 1.86. The summed E-state index contributed by atoms with van der Waals surface area (Å²) in [4.78, 5) is 24.0. The van der Waals surface area contributed by atoms with Crippen LogP contribution in [0.4, 0.5) is 18.9 Å². The molecule has 0 atom stereocenters. The highest BCUT2D eigenvalue weighted by atomic mass is 19.4. The number of anilines is 1. The van der Waals surface area contributed by atoms with Crippen LogP contribution in [0, 0.1) is 0 Å². The third-order valence-electron chi connectivity index (χ3n) is 2.82. The van der Waals surface area contributed by atoms with Crippen LogP contribution >= 0.6 is 0 Å². The van der Waals surface area contributed by atoms with E-state index in [0.29, 0.717) is 4.90 Å². The number of amides is 2. The van der Waals surface area contributed by atoms with Crippen molar-refractivity contribution in [1.29, 1.82) is 0 Å². The fourth-order valence-electron chi connectivity index (χ4n) is 1.86. The van der Waals surface area contributed by atoms with Crippen LogP contribution in [0.2, 0.25) is 0 Å². The number of carbonyl (C=O) groups is 2. The molecule has 2 rings (SSSR count). The van der Waals surface area contributed by atoms with Gasteiger partial charge in [0.2, 0.25) is 6.41 Å². The lowest BCUT2D eigenvalue weighted by atomic mass is 10.1. The van der Waals surface area contributed by atoms with Gasteiger partial charge in [0.05, 0.1) is 16.8 Å². The van der Waals surface area contributed by atoms with E-state index in [1.165, 1.54) is 24.3 Å². The van der Waals surface area contributed by atoms with Crippen LogP contribution in [0.5, 0.6) is 0 Å². The maximum atomic E-state index is 12.9. The molecule has 108 valence electrons. The lowest BCUT2D eigenvalue weighted by Gasteiger charge is -2.18. The lowest BCUT2D eigenvalue weighted by molar-refractivity contribution is -0.138. The zero-order valence-electron chi connectivity index (χ0n) is 10.7. The highest BCUT2D eigenvalue weighted by molar-refractivity contribution is 6.16. The summed E-state index contributed by atoms with van der Waals surface area (Å²) >= 11 is 0. The number of hydrogen-bond acceptors (Lipinski definition) is 2. The van der Waals surface area contributed by atoms with Gasteiger partial charge in [-0.25, -0.2) is 4.90 Å². The molecule has 21 heavy (non-hydrogen) atoms. The van der Waals surface area contributed by atoms with Crippen molar-refractivity contribution < 1.29 is 22.8 Å². The smallest absolute Gasteiger partial charge is 0.278 e. The minimum Gasteiger partial charge on any atom is -0.278 e. The van der Waals surface area contributed by atoms with Gasteiger partial charge in [-0.05, 0) is 24.3 Å². The van der Waals surface area contributed by atoms with Crippen molar-refractivity contribution in [3.63, 3.8) is 0 Å². The summed E-state index contributed by atoms with van der Waals surface area (Å²) < 4.78 is 38.8. The Morgan fingerprint density at radius 1 is 0.952 bits per heavy atom. The zero-order chi connectivity index (χ0) is 15.5. The van der Waals surface area contributed by atoms with Crippen LogP contribution in [0.15, 0.2) is 54.6 Å². The molecule has 0 saturated carbocycles. The predicted octanol–water partition coefficient (Wildman–Crippen LogP) is 3.51. The molecule has 2 amide bonds. The number of alkyl halides is 3. The second kappa shape index (κ2) is 5.78. The van der Waals surface area contributed by atoms with Crippen molar-refractivity contribution in [2.24, 2.45) is 0 Å². The van der Waals surface area contributed by atoms with E-state index in [2.05, 4.69) is 0 Å². The molecule has 0 radical (unpaired) electrons. The summed E-state index contributed by atoms with van der Waals surface area (Å²) in [7, 11) is 0. The molecule has 0 saturated heterocycles. The summed E-state index contributed by atoms with van der Waals surface area (Å²) in [6.07, 6.45) is -4.47. The second-order valence-electron chi connectivity index (χ2n) is 4.16. The maximum Gasteiger partial charge on any atom is 0.417 e. The van der Waals surface area contributed by atoms with Gasteiger partial charge in [0.1, 0.15) is 0 Å². The Bertz CT molecular complexity index is 653. The first kappa shape index (κ1) is 14.8. The van der Waals surface area contributed by atoms with Crippen LogP contribution in [0.25, 0.3) is 0 Å². The Morgan fingerprint density at radius 3 is 2.10 bits per heavy atom. The van der Waals surface area contributed by atoms with Gasteiger partial charge in [0.15, 0.2) is 0 Å². The molecule has 0 bridgehead atoms. The zero-order valence-corrected chi connectivity index (χ0v) is 10.7. The Labute approximate surface area is 118 Å². The van der Waals surface area contributed by atoms with Crippen molar-refractivity contribution in [2.45, 2.75) is 6.18 Å². The van der Waals surface area contributed by atoms with E-state index in [9.17, 15) is 22.8 Å². The van der Waals surface area contributed by atoms with Gasteiger partial charge in [-0.1, -0.05) is 30.3 Å². The molecule has 0 aliphatic rings. The van der Waals surface area contributed by atoms with Crippen LogP contribution < -0.4 is 4.90 Å². The van der Waals surface area contributed by atoms with Crippen LogP contribution in [-0.4, -0.2) is 12.3 Å². The Morgan fingerprint density at radius 2 is 1.52 bits per heavy atom. The van der Waals surface area contributed by atoms with Crippen molar-refractivity contribution in [1.82, 2.24) is 0 Å². The quantitative estimate of drug-likeness (QED) is 0.812. The van der Waals surface area contributed by atoms with Gasteiger partial charge < -0.3 is 0 Å². The molecule has 2 aromatic carbocycles.